The number of aromatic carboxylic acids is 1. The van der Waals surface area contributed by atoms with Gasteiger partial charge in [-0.1, -0.05) is 23.7 Å². The Hall–Kier alpha value is -1.83. The van der Waals surface area contributed by atoms with E-state index >= 15 is 0 Å². The Labute approximate surface area is 139 Å². The summed E-state index contributed by atoms with van der Waals surface area (Å²) in [6, 6.07) is 6.74. The molecule has 2 aromatic rings. The van der Waals surface area contributed by atoms with Gasteiger partial charge in [0.2, 0.25) is 10.0 Å². The van der Waals surface area contributed by atoms with Crippen molar-refractivity contribution in [3.05, 3.63) is 51.9 Å². The van der Waals surface area contributed by atoms with Crippen molar-refractivity contribution in [3.63, 3.8) is 0 Å². The van der Waals surface area contributed by atoms with Crippen LogP contribution in [0.2, 0.25) is 5.02 Å². The van der Waals surface area contributed by atoms with Crippen molar-refractivity contribution in [2.75, 3.05) is 7.05 Å². The number of sulfonamides is 1. The second-order valence-corrected chi connectivity index (χ2v) is 7.53. The first kappa shape index (κ1) is 17.5. The lowest BCUT2D eigenvalue weighted by Gasteiger charge is -2.17. The third kappa shape index (κ3) is 3.41. The summed E-state index contributed by atoms with van der Waals surface area (Å²) < 4.78 is 31.8. The zero-order chi connectivity index (χ0) is 17.4. The first-order valence-electron chi connectivity index (χ1n) is 6.68. The summed E-state index contributed by atoms with van der Waals surface area (Å²) in [5.41, 5.74) is 0.403. The quantitative estimate of drug-likeness (QED) is 0.888. The minimum absolute atomic E-state index is 0.0582. The van der Waals surface area contributed by atoms with Gasteiger partial charge < -0.3 is 9.52 Å². The molecular formula is C15H16ClNO5S. The number of rotatable bonds is 5. The summed E-state index contributed by atoms with van der Waals surface area (Å²) >= 11 is 5.80. The third-order valence-corrected chi connectivity index (χ3v) is 5.61. The van der Waals surface area contributed by atoms with Gasteiger partial charge in [-0.2, -0.15) is 4.31 Å². The Bertz CT molecular complexity index is 839. The van der Waals surface area contributed by atoms with Crippen LogP contribution in [0.25, 0.3) is 0 Å². The standard InChI is InChI=1S/C15H16ClNO5S/c1-9-13(15(18)19)14(10(2)22-9)23(20,21)17(3)8-11-4-6-12(16)7-5-11/h4-7H,8H2,1-3H3,(H,18,19). The number of carbonyl (C=O) groups is 1. The van der Waals surface area contributed by atoms with E-state index in [1.807, 2.05) is 0 Å². The molecule has 1 N–H and O–H groups in total. The van der Waals surface area contributed by atoms with Gasteiger partial charge in [0.05, 0.1) is 0 Å². The first-order valence-corrected chi connectivity index (χ1v) is 8.50. The van der Waals surface area contributed by atoms with Crippen molar-refractivity contribution >= 4 is 27.6 Å². The molecule has 0 aliphatic heterocycles. The van der Waals surface area contributed by atoms with Gasteiger partial charge in [-0.3, -0.25) is 0 Å². The van der Waals surface area contributed by atoms with Crippen LogP contribution in [0.3, 0.4) is 0 Å². The predicted molar refractivity (Wildman–Crippen MR) is 85.2 cm³/mol. The number of nitrogens with zero attached hydrogens (tertiary/aromatic N) is 1. The summed E-state index contributed by atoms with van der Waals surface area (Å²) in [7, 11) is -2.62. The van der Waals surface area contributed by atoms with Crippen LogP contribution in [0.15, 0.2) is 33.6 Å². The van der Waals surface area contributed by atoms with Crippen molar-refractivity contribution in [2.45, 2.75) is 25.3 Å². The largest absolute Gasteiger partial charge is 0.478 e. The highest BCUT2D eigenvalue weighted by atomic mass is 35.5. The van der Waals surface area contributed by atoms with Crippen LogP contribution < -0.4 is 0 Å². The van der Waals surface area contributed by atoms with Crippen molar-refractivity contribution in [1.29, 1.82) is 0 Å². The highest BCUT2D eigenvalue weighted by molar-refractivity contribution is 7.89. The molecular weight excluding hydrogens is 342 g/mol. The maximum Gasteiger partial charge on any atom is 0.340 e. The Morgan fingerprint density at radius 3 is 2.30 bits per heavy atom. The number of benzene rings is 1. The van der Waals surface area contributed by atoms with E-state index in [0.717, 1.165) is 9.87 Å². The van der Waals surface area contributed by atoms with Gasteiger partial charge >= 0.3 is 5.97 Å². The second-order valence-electron chi connectivity index (χ2n) is 5.11. The molecule has 0 amide bonds. The summed E-state index contributed by atoms with van der Waals surface area (Å²) in [5, 5.41) is 9.82. The number of halogens is 1. The normalized spacial score (nSPS) is 11.9. The van der Waals surface area contributed by atoms with E-state index in [4.69, 9.17) is 16.0 Å². The summed E-state index contributed by atoms with van der Waals surface area (Å²) in [6.45, 7) is 2.94. The number of carboxylic acids is 1. The molecule has 1 aromatic carbocycles. The highest BCUT2D eigenvalue weighted by Crippen LogP contribution is 2.29. The molecule has 0 aliphatic rings. The van der Waals surface area contributed by atoms with Crippen LogP contribution in [0.1, 0.15) is 27.4 Å². The molecule has 0 bridgehead atoms. The molecule has 0 fully saturated rings. The lowest BCUT2D eigenvalue weighted by atomic mass is 10.2. The monoisotopic (exact) mass is 357 g/mol. The number of hydrogen-bond donors (Lipinski definition) is 1. The van der Waals surface area contributed by atoms with Gasteiger partial charge in [-0.25, -0.2) is 13.2 Å². The summed E-state index contributed by atoms with van der Waals surface area (Å²) in [6.07, 6.45) is 0. The van der Waals surface area contributed by atoms with Crippen LogP contribution >= 0.6 is 11.6 Å². The number of aryl methyl sites for hydroxylation is 2. The van der Waals surface area contributed by atoms with Crippen LogP contribution in [0.5, 0.6) is 0 Å². The molecule has 8 heteroatoms. The molecule has 0 spiro atoms. The summed E-state index contributed by atoms with van der Waals surface area (Å²) in [4.78, 5) is 11.1. The van der Waals surface area contributed by atoms with Crippen LogP contribution in [0.4, 0.5) is 0 Å². The Morgan fingerprint density at radius 1 is 1.22 bits per heavy atom. The third-order valence-electron chi connectivity index (χ3n) is 3.41. The van der Waals surface area contributed by atoms with E-state index in [1.54, 1.807) is 24.3 Å². The van der Waals surface area contributed by atoms with Crippen molar-refractivity contribution in [3.8, 4) is 0 Å². The number of furan rings is 1. The SMILES string of the molecule is Cc1oc(C)c(S(=O)(=O)N(C)Cc2ccc(Cl)cc2)c1C(=O)O. The second kappa shape index (κ2) is 6.35. The molecule has 124 valence electrons. The topological polar surface area (TPSA) is 87.8 Å². The van der Waals surface area contributed by atoms with E-state index in [9.17, 15) is 18.3 Å². The maximum absolute atomic E-state index is 12.7. The van der Waals surface area contributed by atoms with E-state index in [1.165, 1.54) is 20.9 Å². The first-order chi connectivity index (χ1) is 10.6. The van der Waals surface area contributed by atoms with Crippen molar-refractivity contribution in [2.24, 2.45) is 0 Å². The number of carboxylic acid groups (broad SMARTS) is 1. The molecule has 0 aliphatic carbocycles. The molecule has 1 heterocycles. The summed E-state index contributed by atoms with van der Waals surface area (Å²) in [5.74, 6) is -1.21. The lowest BCUT2D eigenvalue weighted by Crippen LogP contribution is -2.28. The molecule has 6 nitrogen and oxygen atoms in total. The molecule has 0 radical (unpaired) electrons. The van der Waals surface area contributed by atoms with E-state index in [2.05, 4.69) is 0 Å². The fourth-order valence-corrected chi connectivity index (χ4v) is 3.96. The van der Waals surface area contributed by atoms with Gasteiger partial charge in [0.1, 0.15) is 22.0 Å². The zero-order valence-electron chi connectivity index (χ0n) is 12.8. The van der Waals surface area contributed by atoms with Gasteiger partial charge in [-0.15, -0.1) is 0 Å². The Morgan fingerprint density at radius 2 is 1.78 bits per heavy atom. The molecule has 0 atom stereocenters. The minimum atomic E-state index is -4.01. The fourth-order valence-electron chi connectivity index (χ4n) is 2.31. The molecule has 1 aromatic heterocycles. The van der Waals surface area contributed by atoms with E-state index in [0.29, 0.717) is 5.02 Å². The average molecular weight is 358 g/mol. The maximum atomic E-state index is 12.7. The van der Waals surface area contributed by atoms with E-state index < -0.39 is 16.0 Å². The van der Waals surface area contributed by atoms with Crippen LogP contribution in [0, 0.1) is 13.8 Å². The Balaban J connectivity index is 2.42. The zero-order valence-corrected chi connectivity index (χ0v) is 14.4. The molecule has 23 heavy (non-hydrogen) atoms. The van der Waals surface area contributed by atoms with Gasteiger partial charge in [0, 0.05) is 18.6 Å². The van der Waals surface area contributed by atoms with Gasteiger partial charge in [0.15, 0.2) is 0 Å². The lowest BCUT2D eigenvalue weighted by molar-refractivity contribution is 0.0691. The minimum Gasteiger partial charge on any atom is -0.478 e. The Kier molecular flexibility index (Phi) is 4.84. The van der Waals surface area contributed by atoms with Crippen molar-refractivity contribution in [1.82, 2.24) is 4.31 Å². The van der Waals surface area contributed by atoms with Crippen LogP contribution in [-0.2, 0) is 16.6 Å². The highest BCUT2D eigenvalue weighted by Gasteiger charge is 2.33. The smallest absolute Gasteiger partial charge is 0.340 e. The van der Waals surface area contributed by atoms with Gasteiger partial charge in [0.25, 0.3) is 0 Å². The van der Waals surface area contributed by atoms with Gasteiger partial charge in [-0.05, 0) is 31.5 Å². The molecule has 0 unspecified atom stereocenters. The van der Waals surface area contributed by atoms with E-state index in [-0.39, 0.29) is 28.5 Å². The number of hydrogen-bond acceptors (Lipinski definition) is 4. The van der Waals surface area contributed by atoms with Crippen LogP contribution in [-0.4, -0.2) is 30.8 Å². The van der Waals surface area contributed by atoms with Crippen molar-refractivity contribution < 1.29 is 22.7 Å². The fraction of sp³-hybridized carbons (Fsp3) is 0.267. The predicted octanol–water partition coefficient (Wildman–Crippen LogP) is 3.07. The molecule has 0 saturated heterocycles. The average Bonchev–Trinajstić information content (AvgIpc) is 2.76. The molecule has 2 rings (SSSR count). The molecule has 0 saturated carbocycles.